The van der Waals surface area contributed by atoms with E-state index >= 15 is 0 Å². The van der Waals surface area contributed by atoms with Crippen molar-refractivity contribution in [2.75, 3.05) is 37.7 Å². The van der Waals surface area contributed by atoms with Gasteiger partial charge in [-0.25, -0.2) is 4.39 Å². The van der Waals surface area contributed by atoms with Crippen molar-refractivity contribution in [3.63, 3.8) is 0 Å². The van der Waals surface area contributed by atoms with Crippen LogP contribution in [-0.2, 0) is 16.0 Å². The largest absolute Gasteiger partial charge is 0.504 e. The van der Waals surface area contributed by atoms with Gasteiger partial charge in [-0.1, -0.05) is 6.07 Å². The van der Waals surface area contributed by atoms with E-state index in [0.29, 0.717) is 23.5 Å². The van der Waals surface area contributed by atoms with Crippen LogP contribution in [0.1, 0.15) is 24.8 Å². The number of phenolic OH excluding ortho intramolecular Hbond substituents is 2. The van der Waals surface area contributed by atoms with Gasteiger partial charge in [0.1, 0.15) is 11.6 Å². The number of hydrogen-bond donors (Lipinski definition) is 3. The monoisotopic (exact) mass is 457 g/mol. The number of amides is 2. The molecule has 33 heavy (non-hydrogen) atoms. The first-order chi connectivity index (χ1) is 15.9. The van der Waals surface area contributed by atoms with Gasteiger partial charge in [-0.2, -0.15) is 0 Å². The lowest BCUT2D eigenvalue weighted by atomic mass is 10.0. The van der Waals surface area contributed by atoms with Crippen LogP contribution >= 0.6 is 0 Å². The second-order valence-electron chi connectivity index (χ2n) is 8.48. The first kappa shape index (κ1) is 22.8. The van der Waals surface area contributed by atoms with E-state index in [1.54, 1.807) is 17.0 Å². The van der Waals surface area contributed by atoms with Crippen LogP contribution in [0.25, 0.3) is 0 Å². The van der Waals surface area contributed by atoms with Crippen LogP contribution in [0.15, 0.2) is 36.4 Å². The molecule has 0 atom stereocenters. The van der Waals surface area contributed by atoms with E-state index in [4.69, 9.17) is 4.74 Å². The third-order valence-corrected chi connectivity index (χ3v) is 6.08. The highest BCUT2D eigenvalue weighted by Crippen LogP contribution is 2.32. The maximum absolute atomic E-state index is 13.6. The molecule has 2 aromatic carbocycles. The number of aromatic hydroxyl groups is 2. The van der Waals surface area contributed by atoms with E-state index < -0.39 is 5.82 Å². The van der Waals surface area contributed by atoms with Crippen molar-refractivity contribution in [2.24, 2.45) is 0 Å². The minimum Gasteiger partial charge on any atom is -0.504 e. The summed E-state index contributed by atoms with van der Waals surface area (Å²) in [6.07, 6.45) is 2.56. The Morgan fingerprint density at radius 3 is 2.64 bits per heavy atom. The summed E-state index contributed by atoms with van der Waals surface area (Å²) in [5.41, 5.74) is 1.12. The Bertz CT molecular complexity index is 1020. The average molecular weight is 458 g/mol. The van der Waals surface area contributed by atoms with Gasteiger partial charge in [-0.05, 0) is 55.6 Å². The molecule has 1 saturated heterocycles. The number of carbonyl (C=O) groups excluding carboxylic acids is 2. The summed E-state index contributed by atoms with van der Waals surface area (Å²) >= 11 is 0. The number of carbonyl (C=O) groups is 2. The zero-order valence-corrected chi connectivity index (χ0v) is 18.3. The van der Waals surface area contributed by atoms with Gasteiger partial charge in [0.15, 0.2) is 18.1 Å². The molecule has 4 rings (SSSR count). The Hall–Kier alpha value is -3.33. The number of phenols is 2. The van der Waals surface area contributed by atoms with E-state index in [0.717, 1.165) is 38.9 Å². The predicted molar refractivity (Wildman–Crippen MR) is 120 cm³/mol. The number of benzene rings is 2. The highest BCUT2D eigenvalue weighted by atomic mass is 19.1. The van der Waals surface area contributed by atoms with Gasteiger partial charge in [-0.3, -0.25) is 9.59 Å². The summed E-state index contributed by atoms with van der Waals surface area (Å²) in [6.45, 7) is 2.95. The fraction of sp³-hybridized carbons (Fsp3) is 0.417. The van der Waals surface area contributed by atoms with E-state index in [-0.39, 0.29) is 42.4 Å². The fourth-order valence-corrected chi connectivity index (χ4v) is 4.32. The first-order valence-electron chi connectivity index (χ1n) is 11.1. The predicted octanol–water partition coefficient (Wildman–Crippen LogP) is 2.18. The lowest BCUT2D eigenvalue weighted by molar-refractivity contribution is -0.122. The molecular formula is C24H28FN3O5. The van der Waals surface area contributed by atoms with E-state index in [2.05, 4.69) is 10.2 Å². The van der Waals surface area contributed by atoms with E-state index in [1.807, 2.05) is 0 Å². The Morgan fingerprint density at radius 2 is 1.88 bits per heavy atom. The van der Waals surface area contributed by atoms with Gasteiger partial charge >= 0.3 is 0 Å². The van der Waals surface area contributed by atoms with Crippen molar-refractivity contribution in [2.45, 2.75) is 31.7 Å². The van der Waals surface area contributed by atoms with Crippen LogP contribution in [0, 0.1) is 5.82 Å². The third kappa shape index (κ3) is 5.73. The summed E-state index contributed by atoms with van der Waals surface area (Å²) in [7, 11) is 0. The maximum Gasteiger partial charge on any atom is 0.265 e. The molecule has 0 spiro atoms. The normalized spacial score (nSPS) is 16.9. The number of ether oxygens (including phenoxy) is 1. The summed E-state index contributed by atoms with van der Waals surface area (Å²) in [6, 6.07) is 8.68. The molecule has 0 aromatic heterocycles. The smallest absolute Gasteiger partial charge is 0.265 e. The van der Waals surface area contributed by atoms with E-state index in [9.17, 15) is 24.2 Å². The molecule has 2 aromatic rings. The van der Waals surface area contributed by atoms with Crippen molar-refractivity contribution < 1.29 is 28.9 Å². The third-order valence-electron chi connectivity index (χ3n) is 6.08. The molecule has 2 aliphatic heterocycles. The van der Waals surface area contributed by atoms with Gasteiger partial charge in [-0.15, -0.1) is 0 Å². The second kappa shape index (κ2) is 10.1. The molecule has 8 nitrogen and oxygen atoms in total. The molecular weight excluding hydrogens is 429 g/mol. The lowest BCUT2D eigenvalue weighted by Crippen LogP contribution is -2.46. The van der Waals surface area contributed by atoms with Crippen LogP contribution in [0.5, 0.6) is 17.2 Å². The molecule has 0 aliphatic carbocycles. The van der Waals surface area contributed by atoms with Gasteiger partial charge < -0.3 is 30.1 Å². The number of nitrogens with one attached hydrogen (secondary N) is 1. The number of anilines is 1. The zero-order chi connectivity index (χ0) is 23.4. The fourth-order valence-electron chi connectivity index (χ4n) is 4.32. The highest BCUT2D eigenvalue weighted by molar-refractivity contribution is 5.97. The van der Waals surface area contributed by atoms with Crippen molar-refractivity contribution in [3.05, 3.63) is 47.8 Å². The topological polar surface area (TPSA) is 102 Å². The first-order valence-corrected chi connectivity index (χ1v) is 11.1. The van der Waals surface area contributed by atoms with Crippen LogP contribution < -0.4 is 15.0 Å². The summed E-state index contributed by atoms with van der Waals surface area (Å²) in [4.78, 5) is 28.5. The minimum absolute atomic E-state index is 0.0342. The Kier molecular flexibility index (Phi) is 6.98. The van der Waals surface area contributed by atoms with Gasteiger partial charge in [0, 0.05) is 31.7 Å². The van der Waals surface area contributed by atoms with Crippen molar-refractivity contribution in [1.82, 2.24) is 10.2 Å². The molecule has 0 radical (unpaired) electrons. The number of hydrogen-bond acceptors (Lipinski definition) is 6. The summed E-state index contributed by atoms with van der Waals surface area (Å²) in [5, 5.41) is 22.0. The molecule has 0 bridgehead atoms. The molecule has 2 aliphatic rings. The molecule has 2 amide bonds. The van der Waals surface area contributed by atoms with Crippen molar-refractivity contribution in [3.8, 4) is 17.2 Å². The molecule has 176 valence electrons. The standard InChI is InChI=1S/C24H28FN3O5/c25-17-3-5-22-19(14-17)28(24(32)15-33-22)9-1-8-27-10-6-18(7-11-27)26-23(31)13-16-2-4-20(29)21(30)12-16/h2-5,12,14,18,29-30H,1,6-11,13,15H2,(H,26,31). The van der Waals surface area contributed by atoms with Crippen molar-refractivity contribution in [1.29, 1.82) is 0 Å². The van der Waals surface area contributed by atoms with Crippen molar-refractivity contribution >= 4 is 17.5 Å². The number of rotatable bonds is 7. The number of piperidine rings is 1. The Morgan fingerprint density at radius 1 is 1.09 bits per heavy atom. The molecule has 0 saturated carbocycles. The van der Waals surface area contributed by atoms with Gasteiger partial charge in [0.25, 0.3) is 5.91 Å². The quantitative estimate of drug-likeness (QED) is 0.551. The SMILES string of the molecule is O=C(Cc1ccc(O)c(O)c1)NC1CCN(CCCN2C(=O)COc3ccc(F)cc32)CC1. The number of fused-ring (bicyclic) bond motifs is 1. The summed E-state index contributed by atoms with van der Waals surface area (Å²) in [5.74, 6) is -0.605. The zero-order valence-electron chi connectivity index (χ0n) is 18.3. The average Bonchev–Trinajstić information content (AvgIpc) is 2.79. The number of nitrogens with zero attached hydrogens (tertiary/aromatic N) is 2. The molecule has 9 heteroatoms. The second-order valence-corrected chi connectivity index (χ2v) is 8.48. The van der Waals surface area contributed by atoms with Crippen LogP contribution in [0.4, 0.5) is 10.1 Å². The maximum atomic E-state index is 13.6. The highest BCUT2D eigenvalue weighted by Gasteiger charge is 2.26. The number of likely N-dealkylation sites (tertiary alicyclic amines) is 1. The molecule has 1 fully saturated rings. The minimum atomic E-state index is -0.400. The van der Waals surface area contributed by atoms with Crippen LogP contribution in [-0.4, -0.2) is 65.8 Å². The van der Waals surface area contributed by atoms with Crippen LogP contribution in [0.2, 0.25) is 0 Å². The molecule has 3 N–H and O–H groups in total. The number of halogens is 1. The Balaban J connectivity index is 1.19. The lowest BCUT2D eigenvalue weighted by Gasteiger charge is -2.33. The van der Waals surface area contributed by atoms with E-state index in [1.165, 1.54) is 24.3 Å². The Labute approximate surface area is 191 Å². The molecule has 0 unspecified atom stereocenters. The van der Waals surface area contributed by atoms with Crippen LogP contribution in [0.3, 0.4) is 0 Å². The van der Waals surface area contributed by atoms with Gasteiger partial charge in [0.2, 0.25) is 5.91 Å². The summed E-state index contributed by atoms with van der Waals surface area (Å²) < 4.78 is 19.0. The van der Waals surface area contributed by atoms with Gasteiger partial charge in [0.05, 0.1) is 12.1 Å². The molecule has 2 heterocycles.